The first-order valence-corrected chi connectivity index (χ1v) is 18.6. The Balaban J connectivity index is 3.17. The molecule has 0 atom stereocenters. The van der Waals surface area contributed by atoms with E-state index in [1.54, 1.807) is 0 Å². The Kier molecular flexibility index (Phi) is 35.5. The van der Waals surface area contributed by atoms with E-state index in [0.717, 1.165) is 12.8 Å². The van der Waals surface area contributed by atoms with E-state index in [0.29, 0.717) is 13.0 Å². The molecule has 0 rings (SSSR count). The van der Waals surface area contributed by atoms with Gasteiger partial charge in [-0.3, -0.25) is 4.79 Å². The van der Waals surface area contributed by atoms with Crippen molar-refractivity contribution in [2.75, 3.05) is 6.61 Å². The van der Waals surface area contributed by atoms with E-state index in [1.165, 1.54) is 186 Å². The number of esters is 1. The lowest BCUT2D eigenvalue weighted by Gasteiger charge is -2.05. The quantitative estimate of drug-likeness (QED) is 0.0443. The zero-order valence-corrected chi connectivity index (χ0v) is 27.8. The van der Waals surface area contributed by atoms with Crippen LogP contribution in [0, 0.1) is 0 Å². The maximum atomic E-state index is 11.9. The van der Waals surface area contributed by atoms with E-state index in [4.69, 9.17) is 4.74 Å². The molecule has 2 nitrogen and oxygen atoms in total. The fourth-order valence-corrected chi connectivity index (χ4v) is 5.60. The van der Waals surface area contributed by atoms with Gasteiger partial charge >= 0.3 is 5.97 Å². The minimum atomic E-state index is 0.0159. The average Bonchev–Trinajstić information content (AvgIpc) is 2.96. The number of carbonyl (C=O) groups excluding carboxylic acids is 1. The van der Waals surface area contributed by atoms with Crippen molar-refractivity contribution in [1.29, 1.82) is 0 Å². The molecular weight excluding hydrogens is 488 g/mol. The Bertz CT molecular complexity index is 498. The van der Waals surface area contributed by atoms with Crippen molar-refractivity contribution in [1.82, 2.24) is 0 Å². The van der Waals surface area contributed by atoms with E-state index in [1.807, 2.05) is 0 Å². The fraction of sp³-hybridized carbons (Fsp3) is 0.921. The summed E-state index contributed by atoms with van der Waals surface area (Å²) in [6.45, 7) is 5.18. The summed E-state index contributed by atoms with van der Waals surface area (Å²) < 4.78 is 5.40. The number of ether oxygens (including phenoxy) is 1. The fourth-order valence-electron chi connectivity index (χ4n) is 5.60. The molecule has 0 aliphatic heterocycles. The van der Waals surface area contributed by atoms with Crippen LogP contribution in [0.2, 0.25) is 0 Å². The second-order valence-corrected chi connectivity index (χ2v) is 12.6. The largest absolute Gasteiger partial charge is 0.466 e. The number of unbranched alkanes of at least 4 members (excludes halogenated alkanes) is 28. The normalized spacial score (nSPS) is 11.6. The van der Waals surface area contributed by atoms with Gasteiger partial charge < -0.3 is 4.74 Å². The Morgan fingerprint density at radius 1 is 0.400 bits per heavy atom. The molecule has 0 aromatic rings. The second kappa shape index (κ2) is 36.2. The van der Waals surface area contributed by atoms with Crippen molar-refractivity contribution in [2.45, 2.75) is 219 Å². The summed E-state index contributed by atoms with van der Waals surface area (Å²) >= 11 is 0. The number of hydrogen-bond acceptors (Lipinski definition) is 2. The molecule has 0 aromatic heterocycles. The lowest BCUT2D eigenvalue weighted by atomic mass is 10.0. The number of allylic oxidation sites excluding steroid dienone is 2. The molecule has 0 radical (unpaired) electrons. The zero-order chi connectivity index (χ0) is 29.0. The standard InChI is InChI=1S/C38H74O2/c1-3-5-7-9-11-13-14-15-16-17-18-19-20-21-22-23-24-25-26-27-28-29-30-32-34-36-38(39)40-37-35-33-31-12-10-8-6-4-2/h24-25H,3-23,26-37H2,1-2H3/b25-24-. The summed E-state index contributed by atoms with van der Waals surface area (Å²) in [5.74, 6) is 0.0159. The molecule has 0 aliphatic rings. The van der Waals surface area contributed by atoms with Crippen molar-refractivity contribution in [3.05, 3.63) is 12.2 Å². The molecule has 0 saturated heterocycles. The predicted octanol–water partition coefficient (Wildman–Crippen LogP) is 13.6. The molecule has 0 heterocycles. The molecule has 0 unspecified atom stereocenters. The van der Waals surface area contributed by atoms with Crippen molar-refractivity contribution in [3.8, 4) is 0 Å². The molecule has 0 saturated carbocycles. The van der Waals surface area contributed by atoms with Crippen molar-refractivity contribution in [3.63, 3.8) is 0 Å². The first kappa shape index (κ1) is 39.2. The Hall–Kier alpha value is -0.790. The third kappa shape index (κ3) is 35.2. The Morgan fingerprint density at radius 3 is 1.07 bits per heavy atom. The Labute approximate surface area is 253 Å². The molecule has 0 fully saturated rings. The van der Waals surface area contributed by atoms with Crippen LogP contribution in [-0.4, -0.2) is 12.6 Å². The summed E-state index contributed by atoms with van der Waals surface area (Å²) in [5, 5.41) is 0. The predicted molar refractivity (Wildman–Crippen MR) is 179 cm³/mol. The lowest BCUT2D eigenvalue weighted by molar-refractivity contribution is -0.143. The van der Waals surface area contributed by atoms with Crippen LogP contribution in [0.15, 0.2) is 12.2 Å². The zero-order valence-electron chi connectivity index (χ0n) is 27.8. The van der Waals surface area contributed by atoms with Gasteiger partial charge in [-0.15, -0.1) is 0 Å². The molecule has 0 bridgehead atoms. The molecule has 238 valence electrons. The molecule has 40 heavy (non-hydrogen) atoms. The SMILES string of the molecule is CCCCCCCCCCCCCCCCC/C=C\CCCCCCCCC(=O)OCCCCCCCCCC. The second-order valence-electron chi connectivity index (χ2n) is 12.6. The smallest absolute Gasteiger partial charge is 0.305 e. The molecule has 0 amide bonds. The van der Waals surface area contributed by atoms with Gasteiger partial charge in [0.25, 0.3) is 0 Å². The van der Waals surface area contributed by atoms with E-state index in [9.17, 15) is 4.79 Å². The van der Waals surface area contributed by atoms with Gasteiger partial charge in [0.15, 0.2) is 0 Å². The third-order valence-corrected chi connectivity index (χ3v) is 8.40. The number of rotatable bonds is 34. The van der Waals surface area contributed by atoms with Crippen LogP contribution in [0.4, 0.5) is 0 Å². The first-order valence-electron chi connectivity index (χ1n) is 18.6. The highest BCUT2D eigenvalue weighted by atomic mass is 16.5. The van der Waals surface area contributed by atoms with Crippen LogP contribution in [0.1, 0.15) is 219 Å². The highest BCUT2D eigenvalue weighted by Gasteiger charge is 2.02. The van der Waals surface area contributed by atoms with Crippen molar-refractivity contribution < 1.29 is 9.53 Å². The topological polar surface area (TPSA) is 26.3 Å². The van der Waals surface area contributed by atoms with Crippen LogP contribution in [0.25, 0.3) is 0 Å². The van der Waals surface area contributed by atoms with Gasteiger partial charge in [0.05, 0.1) is 6.61 Å². The van der Waals surface area contributed by atoms with Crippen LogP contribution in [0.3, 0.4) is 0 Å². The highest BCUT2D eigenvalue weighted by molar-refractivity contribution is 5.69. The van der Waals surface area contributed by atoms with Crippen LogP contribution in [-0.2, 0) is 9.53 Å². The minimum absolute atomic E-state index is 0.0159. The molecule has 0 aromatic carbocycles. The number of hydrogen-bond donors (Lipinski definition) is 0. The monoisotopic (exact) mass is 563 g/mol. The summed E-state index contributed by atoms with van der Waals surface area (Å²) in [4.78, 5) is 11.9. The lowest BCUT2D eigenvalue weighted by Crippen LogP contribution is -2.05. The highest BCUT2D eigenvalue weighted by Crippen LogP contribution is 2.14. The van der Waals surface area contributed by atoms with Gasteiger partial charge in [-0.1, -0.05) is 187 Å². The molecule has 0 aliphatic carbocycles. The van der Waals surface area contributed by atoms with Gasteiger partial charge in [0.2, 0.25) is 0 Å². The minimum Gasteiger partial charge on any atom is -0.466 e. The summed E-state index contributed by atoms with van der Waals surface area (Å²) in [7, 11) is 0. The molecule has 0 spiro atoms. The van der Waals surface area contributed by atoms with Gasteiger partial charge in [-0.05, 0) is 38.5 Å². The summed E-state index contributed by atoms with van der Waals surface area (Å²) in [6, 6.07) is 0. The molecule has 2 heteroatoms. The van der Waals surface area contributed by atoms with Gasteiger partial charge in [0, 0.05) is 6.42 Å². The van der Waals surface area contributed by atoms with Gasteiger partial charge in [-0.2, -0.15) is 0 Å². The van der Waals surface area contributed by atoms with Crippen LogP contribution < -0.4 is 0 Å². The Morgan fingerprint density at radius 2 is 0.700 bits per heavy atom. The summed E-state index contributed by atoms with van der Waals surface area (Å²) in [6.07, 6.45) is 47.2. The van der Waals surface area contributed by atoms with Crippen molar-refractivity contribution in [2.24, 2.45) is 0 Å². The third-order valence-electron chi connectivity index (χ3n) is 8.40. The average molecular weight is 563 g/mol. The van der Waals surface area contributed by atoms with E-state index < -0.39 is 0 Å². The maximum Gasteiger partial charge on any atom is 0.305 e. The molecular formula is C38H74O2. The summed E-state index contributed by atoms with van der Waals surface area (Å²) in [5.41, 5.74) is 0. The first-order chi connectivity index (χ1) is 19.8. The van der Waals surface area contributed by atoms with Crippen molar-refractivity contribution >= 4 is 5.97 Å². The maximum absolute atomic E-state index is 11.9. The van der Waals surface area contributed by atoms with Gasteiger partial charge in [0.1, 0.15) is 0 Å². The van der Waals surface area contributed by atoms with E-state index >= 15 is 0 Å². The van der Waals surface area contributed by atoms with Crippen LogP contribution in [0.5, 0.6) is 0 Å². The molecule has 0 N–H and O–H groups in total. The van der Waals surface area contributed by atoms with E-state index in [-0.39, 0.29) is 5.97 Å². The van der Waals surface area contributed by atoms with E-state index in [2.05, 4.69) is 26.0 Å². The van der Waals surface area contributed by atoms with Crippen LogP contribution >= 0.6 is 0 Å². The number of carbonyl (C=O) groups is 1. The van der Waals surface area contributed by atoms with Gasteiger partial charge in [-0.25, -0.2) is 0 Å².